The quantitative estimate of drug-likeness (QED) is 0.611. The van der Waals surface area contributed by atoms with Crippen molar-refractivity contribution in [1.29, 1.82) is 0 Å². The van der Waals surface area contributed by atoms with E-state index in [9.17, 15) is 15.2 Å². The van der Waals surface area contributed by atoms with E-state index in [1.807, 2.05) is 4.90 Å². The molecule has 0 radical (unpaired) electrons. The zero-order valence-corrected chi connectivity index (χ0v) is 12.2. The van der Waals surface area contributed by atoms with Gasteiger partial charge >= 0.3 is 0 Å². The van der Waals surface area contributed by atoms with Gasteiger partial charge in [0.05, 0.1) is 31.8 Å². The average Bonchev–Trinajstić information content (AvgIpc) is 2.43. The Bertz CT molecular complexity index is 516. The fourth-order valence-electron chi connectivity index (χ4n) is 2.54. The second-order valence-corrected chi connectivity index (χ2v) is 4.95. The maximum Gasteiger partial charge on any atom is 0.296 e. The van der Waals surface area contributed by atoms with E-state index in [4.69, 9.17) is 9.47 Å². The Balaban J connectivity index is 2.49. The standard InChI is InChI=1S/C14H20N2O5/c1-20-13-8-11(12(16(18)19)9-14(13)21-2)15(6-7-17)10-4-3-5-10/h8-10,17H,3-7H2,1-2H3. The van der Waals surface area contributed by atoms with Crippen LogP contribution in [0.4, 0.5) is 11.4 Å². The number of nitro groups is 1. The fraction of sp³-hybridized carbons (Fsp3) is 0.571. The molecule has 7 nitrogen and oxygen atoms in total. The molecule has 0 heterocycles. The van der Waals surface area contributed by atoms with Gasteiger partial charge in [-0.25, -0.2) is 0 Å². The van der Waals surface area contributed by atoms with Gasteiger partial charge < -0.3 is 19.5 Å². The second kappa shape index (κ2) is 6.62. The highest BCUT2D eigenvalue weighted by Crippen LogP contribution is 2.42. The molecule has 1 fully saturated rings. The number of anilines is 1. The highest BCUT2D eigenvalue weighted by molar-refractivity contribution is 5.70. The lowest BCUT2D eigenvalue weighted by molar-refractivity contribution is -0.384. The normalized spacial score (nSPS) is 14.4. The topological polar surface area (TPSA) is 85.1 Å². The van der Waals surface area contributed by atoms with Crippen molar-refractivity contribution in [3.63, 3.8) is 0 Å². The highest BCUT2D eigenvalue weighted by atomic mass is 16.6. The van der Waals surface area contributed by atoms with Crippen LogP contribution in [0.2, 0.25) is 0 Å². The van der Waals surface area contributed by atoms with E-state index in [0.29, 0.717) is 23.7 Å². The predicted molar refractivity (Wildman–Crippen MR) is 78.3 cm³/mol. The molecule has 1 saturated carbocycles. The third kappa shape index (κ3) is 3.02. The molecule has 1 aliphatic carbocycles. The smallest absolute Gasteiger partial charge is 0.296 e. The van der Waals surface area contributed by atoms with Crippen LogP contribution in [0.5, 0.6) is 11.5 Å². The van der Waals surface area contributed by atoms with Gasteiger partial charge in [-0.15, -0.1) is 0 Å². The summed E-state index contributed by atoms with van der Waals surface area (Å²) in [5.41, 5.74) is 0.435. The van der Waals surface area contributed by atoms with E-state index in [0.717, 1.165) is 19.3 Å². The van der Waals surface area contributed by atoms with Crippen LogP contribution in [0, 0.1) is 10.1 Å². The number of aliphatic hydroxyl groups excluding tert-OH is 1. The molecule has 0 aliphatic heterocycles. The number of hydrogen-bond donors (Lipinski definition) is 1. The van der Waals surface area contributed by atoms with Crippen molar-refractivity contribution in [2.75, 3.05) is 32.3 Å². The summed E-state index contributed by atoms with van der Waals surface area (Å²) in [5, 5.41) is 20.6. The summed E-state index contributed by atoms with van der Waals surface area (Å²) in [5.74, 6) is 0.769. The molecule has 21 heavy (non-hydrogen) atoms. The number of methoxy groups -OCH3 is 2. The number of rotatable bonds is 7. The van der Waals surface area contributed by atoms with Crippen molar-refractivity contribution < 1.29 is 19.5 Å². The summed E-state index contributed by atoms with van der Waals surface area (Å²) >= 11 is 0. The third-order valence-corrected chi connectivity index (χ3v) is 3.84. The minimum atomic E-state index is -0.430. The van der Waals surface area contributed by atoms with Gasteiger partial charge in [0.2, 0.25) is 0 Å². The Morgan fingerprint density at radius 1 is 1.33 bits per heavy atom. The highest BCUT2D eigenvalue weighted by Gasteiger charge is 2.31. The number of nitrogens with zero attached hydrogens (tertiary/aromatic N) is 2. The molecule has 0 saturated heterocycles. The fourth-order valence-corrected chi connectivity index (χ4v) is 2.54. The summed E-state index contributed by atoms with van der Waals surface area (Å²) in [4.78, 5) is 12.8. The maximum absolute atomic E-state index is 11.3. The predicted octanol–water partition coefficient (Wildman–Crippen LogP) is 1.96. The number of benzene rings is 1. The summed E-state index contributed by atoms with van der Waals surface area (Å²) in [6.07, 6.45) is 3.06. The van der Waals surface area contributed by atoms with Crippen molar-refractivity contribution in [1.82, 2.24) is 0 Å². The lowest BCUT2D eigenvalue weighted by Gasteiger charge is -2.38. The van der Waals surface area contributed by atoms with Gasteiger partial charge in [-0.05, 0) is 19.3 Å². The minimum Gasteiger partial charge on any atom is -0.493 e. The molecule has 1 aromatic rings. The SMILES string of the molecule is COc1cc(N(CCO)C2CCC2)c([N+](=O)[O-])cc1OC. The molecule has 0 atom stereocenters. The number of hydrogen-bond acceptors (Lipinski definition) is 6. The Morgan fingerprint density at radius 3 is 2.38 bits per heavy atom. The van der Waals surface area contributed by atoms with E-state index in [1.54, 1.807) is 6.07 Å². The molecule has 7 heteroatoms. The molecule has 2 rings (SSSR count). The molecule has 0 spiro atoms. The number of aliphatic hydroxyl groups is 1. The first kappa shape index (κ1) is 15.4. The Hall–Kier alpha value is -2.02. The monoisotopic (exact) mass is 296 g/mol. The zero-order valence-electron chi connectivity index (χ0n) is 12.2. The molecule has 116 valence electrons. The van der Waals surface area contributed by atoms with E-state index in [2.05, 4.69) is 0 Å². The molecule has 0 unspecified atom stereocenters. The van der Waals surface area contributed by atoms with Gasteiger partial charge in [0, 0.05) is 18.7 Å². The minimum absolute atomic E-state index is 0.0343. The molecule has 0 aromatic heterocycles. The third-order valence-electron chi connectivity index (χ3n) is 3.84. The summed E-state index contributed by atoms with van der Waals surface area (Å²) in [6.45, 7) is 0.309. The van der Waals surface area contributed by atoms with Crippen LogP contribution in [0.25, 0.3) is 0 Å². The van der Waals surface area contributed by atoms with Crippen LogP contribution in [-0.4, -0.2) is 43.4 Å². The maximum atomic E-state index is 11.3. The van der Waals surface area contributed by atoms with E-state index in [1.165, 1.54) is 20.3 Å². The van der Waals surface area contributed by atoms with Gasteiger partial charge in [-0.1, -0.05) is 0 Å². The van der Waals surface area contributed by atoms with Crippen molar-refractivity contribution in [3.8, 4) is 11.5 Å². The zero-order chi connectivity index (χ0) is 15.4. The van der Waals surface area contributed by atoms with E-state index < -0.39 is 4.92 Å². The summed E-state index contributed by atoms with van der Waals surface area (Å²) < 4.78 is 10.4. The van der Waals surface area contributed by atoms with E-state index >= 15 is 0 Å². The first-order valence-corrected chi connectivity index (χ1v) is 6.90. The van der Waals surface area contributed by atoms with Gasteiger partial charge in [0.15, 0.2) is 11.5 Å². The van der Waals surface area contributed by atoms with Gasteiger partial charge in [-0.2, -0.15) is 0 Å². The van der Waals surface area contributed by atoms with Crippen molar-refractivity contribution in [2.45, 2.75) is 25.3 Å². The molecule has 1 aromatic carbocycles. The van der Waals surface area contributed by atoms with Gasteiger partial charge in [-0.3, -0.25) is 10.1 Å². The van der Waals surface area contributed by atoms with Crippen molar-refractivity contribution >= 4 is 11.4 Å². The summed E-state index contributed by atoms with van der Waals surface area (Å²) in [6, 6.07) is 3.22. The van der Waals surface area contributed by atoms with Gasteiger partial charge in [0.1, 0.15) is 5.69 Å². The van der Waals surface area contributed by atoms with Gasteiger partial charge in [0.25, 0.3) is 5.69 Å². The lowest BCUT2D eigenvalue weighted by atomic mass is 9.91. The molecular weight excluding hydrogens is 276 g/mol. The first-order valence-electron chi connectivity index (χ1n) is 6.90. The lowest BCUT2D eigenvalue weighted by Crippen LogP contribution is -2.42. The molecule has 0 amide bonds. The second-order valence-electron chi connectivity index (χ2n) is 4.95. The van der Waals surface area contributed by atoms with Crippen LogP contribution >= 0.6 is 0 Å². The number of ether oxygens (including phenoxy) is 2. The first-order chi connectivity index (χ1) is 10.1. The van der Waals surface area contributed by atoms with Crippen molar-refractivity contribution in [2.24, 2.45) is 0 Å². The van der Waals surface area contributed by atoms with Crippen LogP contribution in [-0.2, 0) is 0 Å². The molecule has 1 N–H and O–H groups in total. The van der Waals surface area contributed by atoms with Crippen LogP contribution in [0.3, 0.4) is 0 Å². The Kier molecular flexibility index (Phi) is 4.85. The Morgan fingerprint density at radius 2 is 1.95 bits per heavy atom. The van der Waals surface area contributed by atoms with E-state index in [-0.39, 0.29) is 18.3 Å². The number of nitro benzene ring substituents is 1. The summed E-state index contributed by atoms with van der Waals surface area (Å²) in [7, 11) is 2.94. The molecule has 0 bridgehead atoms. The molecule has 1 aliphatic rings. The largest absolute Gasteiger partial charge is 0.493 e. The van der Waals surface area contributed by atoms with Crippen LogP contribution in [0.15, 0.2) is 12.1 Å². The molecular formula is C14H20N2O5. The van der Waals surface area contributed by atoms with Crippen LogP contribution in [0.1, 0.15) is 19.3 Å². The van der Waals surface area contributed by atoms with Crippen molar-refractivity contribution in [3.05, 3.63) is 22.2 Å². The average molecular weight is 296 g/mol. The Labute approximate surface area is 123 Å². The van der Waals surface area contributed by atoms with Crippen LogP contribution < -0.4 is 14.4 Å².